The van der Waals surface area contributed by atoms with Crippen molar-refractivity contribution in [2.75, 3.05) is 14.1 Å². The van der Waals surface area contributed by atoms with Crippen LogP contribution in [-0.2, 0) is 0 Å². The first-order valence-corrected chi connectivity index (χ1v) is 10.3. The van der Waals surface area contributed by atoms with Crippen molar-refractivity contribution in [2.45, 2.75) is 11.3 Å². The molecule has 3 aliphatic rings. The standard InChI is InChI=1S/C22H21N2P/c1-24(2)22-17-13-14-18-21(25(18)23-22)20(17)19(15-9-5-3-6-10-15)16-11-7-4-8-12-16/h3-14,17-18,21H,1-2H3. The normalized spacial score (nSPS) is 28.4. The SMILES string of the molecule is CN(C)C1=NP2C3C=CC1C(=C(c1ccccc1)c1ccccc1)C32. The average molecular weight is 344 g/mol. The highest BCUT2D eigenvalue weighted by Gasteiger charge is 2.59. The molecule has 0 N–H and O–H groups in total. The second-order valence-corrected chi connectivity index (χ2v) is 9.21. The average Bonchev–Trinajstić information content (AvgIpc) is 3.39. The summed E-state index contributed by atoms with van der Waals surface area (Å²) in [5.41, 5.74) is 6.96. The molecule has 4 unspecified atom stereocenters. The molecule has 0 spiro atoms. The molecule has 1 saturated heterocycles. The van der Waals surface area contributed by atoms with Gasteiger partial charge in [0.05, 0.1) is 5.92 Å². The first-order valence-electron chi connectivity index (χ1n) is 8.83. The van der Waals surface area contributed by atoms with Crippen molar-refractivity contribution < 1.29 is 0 Å². The van der Waals surface area contributed by atoms with Crippen molar-refractivity contribution in [1.29, 1.82) is 0 Å². The Labute approximate surface area is 150 Å². The van der Waals surface area contributed by atoms with E-state index in [1.54, 1.807) is 5.57 Å². The van der Waals surface area contributed by atoms with Gasteiger partial charge in [-0.15, -0.1) is 0 Å². The number of rotatable bonds is 2. The van der Waals surface area contributed by atoms with Crippen LogP contribution in [0.3, 0.4) is 0 Å². The van der Waals surface area contributed by atoms with Gasteiger partial charge in [-0.25, -0.2) is 4.76 Å². The van der Waals surface area contributed by atoms with Gasteiger partial charge in [0.25, 0.3) is 0 Å². The molecule has 1 aliphatic carbocycles. The Bertz CT molecular complexity index is 855. The van der Waals surface area contributed by atoms with E-state index < -0.39 is 0 Å². The molecular weight excluding hydrogens is 323 g/mol. The van der Waals surface area contributed by atoms with Crippen LogP contribution in [0.5, 0.6) is 0 Å². The highest BCUT2D eigenvalue weighted by molar-refractivity contribution is 7.67. The number of nitrogens with zero attached hydrogens (tertiary/aromatic N) is 2. The summed E-state index contributed by atoms with van der Waals surface area (Å²) >= 11 is 0. The molecule has 2 heterocycles. The second-order valence-electron chi connectivity index (χ2n) is 7.09. The van der Waals surface area contributed by atoms with E-state index in [0.717, 1.165) is 0 Å². The summed E-state index contributed by atoms with van der Waals surface area (Å²) < 4.78 is 5.11. The van der Waals surface area contributed by atoms with Crippen LogP contribution in [0.15, 0.2) is 83.2 Å². The number of fused-ring (bicyclic) bond motifs is 2. The van der Waals surface area contributed by atoms with Crippen LogP contribution in [0.4, 0.5) is 0 Å². The molecule has 1 fully saturated rings. The number of benzene rings is 2. The predicted molar refractivity (Wildman–Crippen MR) is 107 cm³/mol. The van der Waals surface area contributed by atoms with E-state index in [4.69, 9.17) is 4.76 Å². The molecule has 5 rings (SSSR count). The van der Waals surface area contributed by atoms with Crippen molar-refractivity contribution in [3.8, 4) is 0 Å². The molecule has 4 atom stereocenters. The topological polar surface area (TPSA) is 15.6 Å². The monoisotopic (exact) mass is 344 g/mol. The zero-order valence-electron chi connectivity index (χ0n) is 14.5. The summed E-state index contributed by atoms with van der Waals surface area (Å²) in [6.07, 6.45) is 4.83. The van der Waals surface area contributed by atoms with Crippen LogP contribution < -0.4 is 0 Å². The Morgan fingerprint density at radius 1 is 0.880 bits per heavy atom. The molecule has 0 radical (unpaired) electrons. The fourth-order valence-corrected chi connectivity index (χ4v) is 6.75. The molecule has 124 valence electrons. The molecule has 0 saturated carbocycles. The van der Waals surface area contributed by atoms with Crippen LogP contribution in [0, 0.1) is 5.92 Å². The van der Waals surface area contributed by atoms with Gasteiger partial charge in [0, 0.05) is 33.5 Å². The lowest BCUT2D eigenvalue weighted by Crippen LogP contribution is -2.34. The molecule has 2 aromatic carbocycles. The molecule has 2 bridgehead atoms. The lowest BCUT2D eigenvalue weighted by Gasteiger charge is -2.31. The van der Waals surface area contributed by atoms with Crippen LogP contribution in [-0.4, -0.2) is 36.1 Å². The summed E-state index contributed by atoms with van der Waals surface area (Å²) in [6, 6.07) is 21.8. The summed E-state index contributed by atoms with van der Waals surface area (Å²) in [5.74, 6) is 1.55. The lowest BCUT2D eigenvalue weighted by atomic mass is 9.80. The number of hydrogen-bond acceptors (Lipinski definition) is 2. The minimum Gasteiger partial charge on any atom is -0.365 e. The molecular formula is C22H21N2P. The summed E-state index contributed by atoms with van der Waals surface area (Å²) in [4.78, 5) is 2.21. The van der Waals surface area contributed by atoms with Gasteiger partial charge >= 0.3 is 0 Å². The Hall–Kier alpha value is -2.18. The molecule has 0 aromatic heterocycles. The summed E-state index contributed by atoms with van der Waals surface area (Å²) in [5, 5.41) is 0. The molecule has 2 aliphatic heterocycles. The van der Waals surface area contributed by atoms with E-state index in [-0.39, 0.29) is 8.07 Å². The van der Waals surface area contributed by atoms with Gasteiger partial charge in [-0.1, -0.05) is 72.8 Å². The zero-order valence-corrected chi connectivity index (χ0v) is 15.4. The van der Waals surface area contributed by atoms with Gasteiger partial charge in [-0.3, -0.25) is 0 Å². The predicted octanol–water partition coefficient (Wildman–Crippen LogP) is 4.80. The Balaban J connectivity index is 1.77. The van der Waals surface area contributed by atoms with E-state index in [1.807, 2.05) is 0 Å². The smallest absolute Gasteiger partial charge is 0.114 e. The first kappa shape index (κ1) is 15.1. The lowest BCUT2D eigenvalue weighted by molar-refractivity contribution is 0.590. The van der Waals surface area contributed by atoms with Gasteiger partial charge in [0.1, 0.15) is 5.84 Å². The quantitative estimate of drug-likeness (QED) is 0.565. The van der Waals surface area contributed by atoms with E-state index in [9.17, 15) is 0 Å². The number of hydrogen-bond donors (Lipinski definition) is 0. The maximum absolute atomic E-state index is 5.11. The molecule has 3 heteroatoms. The summed E-state index contributed by atoms with van der Waals surface area (Å²) in [6.45, 7) is 0. The van der Waals surface area contributed by atoms with Crippen LogP contribution in [0.2, 0.25) is 0 Å². The third-order valence-corrected chi connectivity index (χ3v) is 7.69. The zero-order chi connectivity index (χ0) is 17.0. The van der Waals surface area contributed by atoms with Crippen LogP contribution in [0.25, 0.3) is 5.57 Å². The van der Waals surface area contributed by atoms with Gasteiger partial charge < -0.3 is 4.90 Å². The van der Waals surface area contributed by atoms with Crippen molar-refractivity contribution >= 4 is 19.5 Å². The number of amidine groups is 1. The third-order valence-electron chi connectivity index (χ3n) is 5.35. The van der Waals surface area contributed by atoms with E-state index in [0.29, 0.717) is 17.2 Å². The minimum absolute atomic E-state index is 0.269. The fourth-order valence-electron chi connectivity index (χ4n) is 4.19. The Kier molecular flexibility index (Phi) is 3.43. The van der Waals surface area contributed by atoms with E-state index in [1.165, 1.54) is 22.5 Å². The van der Waals surface area contributed by atoms with Crippen molar-refractivity contribution in [2.24, 2.45) is 10.7 Å². The van der Waals surface area contributed by atoms with Crippen LogP contribution >= 0.6 is 8.07 Å². The van der Waals surface area contributed by atoms with E-state index >= 15 is 0 Å². The van der Waals surface area contributed by atoms with Crippen LogP contribution in [0.1, 0.15) is 11.1 Å². The third kappa shape index (κ3) is 2.32. The Morgan fingerprint density at radius 3 is 2.04 bits per heavy atom. The van der Waals surface area contributed by atoms with Gasteiger partial charge in [-0.2, -0.15) is 0 Å². The van der Waals surface area contributed by atoms with Gasteiger partial charge in [0.15, 0.2) is 0 Å². The van der Waals surface area contributed by atoms with Crippen molar-refractivity contribution in [1.82, 2.24) is 4.90 Å². The molecule has 2 nitrogen and oxygen atoms in total. The first-order chi connectivity index (χ1) is 12.3. The Morgan fingerprint density at radius 2 is 1.48 bits per heavy atom. The molecule has 2 aromatic rings. The fraction of sp³-hybridized carbons (Fsp3) is 0.227. The number of allylic oxidation sites excluding steroid dienone is 1. The van der Waals surface area contributed by atoms with Gasteiger partial charge in [-0.05, 0) is 22.3 Å². The maximum Gasteiger partial charge on any atom is 0.114 e. The highest BCUT2D eigenvalue weighted by atomic mass is 31.1. The van der Waals surface area contributed by atoms with E-state index in [2.05, 4.69) is 91.8 Å². The van der Waals surface area contributed by atoms with Crippen molar-refractivity contribution in [3.05, 3.63) is 89.5 Å². The second kappa shape index (κ2) is 5.68. The van der Waals surface area contributed by atoms with Gasteiger partial charge in [0.2, 0.25) is 0 Å². The highest BCUT2D eigenvalue weighted by Crippen LogP contribution is 2.76. The molecule has 0 amide bonds. The summed E-state index contributed by atoms with van der Waals surface area (Å²) in [7, 11) is 3.98. The largest absolute Gasteiger partial charge is 0.365 e. The minimum atomic E-state index is -0.269. The van der Waals surface area contributed by atoms with Crippen molar-refractivity contribution in [3.63, 3.8) is 0 Å². The maximum atomic E-state index is 5.11. The molecule has 25 heavy (non-hydrogen) atoms.